The number of rotatable bonds is 3. The van der Waals surface area contributed by atoms with Crippen molar-refractivity contribution >= 4 is 48.9 Å². The Morgan fingerprint density at radius 2 is 2.05 bits per heavy atom. The van der Waals surface area contributed by atoms with Crippen LogP contribution in [0.4, 0.5) is 15.8 Å². The summed E-state index contributed by atoms with van der Waals surface area (Å²) in [5.41, 5.74) is 5.96. The lowest BCUT2D eigenvalue weighted by Gasteiger charge is -2.11. The molecule has 1 aromatic carbocycles. The van der Waals surface area contributed by atoms with Gasteiger partial charge in [0.05, 0.1) is 16.4 Å². The van der Waals surface area contributed by atoms with Gasteiger partial charge in [0.25, 0.3) is 10.0 Å². The molecule has 0 fully saturated rings. The van der Waals surface area contributed by atoms with Crippen molar-refractivity contribution in [2.24, 2.45) is 0 Å². The number of halogens is 3. The van der Waals surface area contributed by atoms with Gasteiger partial charge in [-0.2, -0.15) is 4.39 Å². The van der Waals surface area contributed by atoms with Crippen molar-refractivity contribution in [2.45, 2.75) is 4.90 Å². The van der Waals surface area contributed by atoms with Crippen LogP contribution in [0.1, 0.15) is 0 Å². The monoisotopic (exact) mass is 379 g/mol. The maximum atomic E-state index is 12.7. The van der Waals surface area contributed by atoms with Crippen molar-refractivity contribution in [1.82, 2.24) is 4.98 Å². The number of hydrogen-bond donors (Lipinski definition) is 2. The molecule has 0 amide bonds. The van der Waals surface area contributed by atoms with Gasteiger partial charge in [0, 0.05) is 10.7 Å². The van der Waals surface area contributed by atoms with E-state index in [9.17, 15) is 12.8 Å². The predicted octanol–water partition coefficient (Wildman–Crippen LogP) is 3.02. The summed E-state index contributed by atoms with van der Waals surface area (Å²) < 4.78 is 39.6. The number of pyridine rings is 1. The Morgan fingerprint density at radius 3 is 2.65 bits per heavy atom. The third-order valence-electron chi connectivity index (χ3n) is 2.30. The number of hydrogen-bond acceptors (Lipinski definition) is 4. The van der Waals surface area contributed by atoms with Gasteiger partial charge in [0.2, 0.25) is 5.95 Å². The van der Waals surface area contributed by atoms with Gasteiger partial charge >= 0.3 is 0 Å². The summed E-state index contributed by atoms with van der Waals surface area (Å²) in [6.45, 7) is 0. The van der Waals surface area contributed by atoms with Crippen LogP contribution in [0, 0.1) is 5.95 Å². The minimum absolute atomic E-state index is 0.119. The van der Waals surface area contributed by atoms with Gasteiger partial charge in [-0.3, -0.25) is 4.72 Å². The summed E-state index contributed by atoms with van der Waals surface area (Å²) in [6, 6.07) is 4.96. The molecule has 0 saturated heterocycles. The largest absolute Gasteiger partial charge is 0.398 e. The fraction of sp³-hybridized carbons (Fsp3) is 0. The molecule has 0 saturated carbocycles. The molecule has 9 heteroatoms. The molecule has 0 aliphatic rings. The molecule has 0 unspecified atom stereocenters. The van der Waals surface area contributed by atoms with Crippen LogP contribution in [0.15, 0.2) is 39.8 Å². The van der Waals surface area contributed by atoms with E-state index in [1.54, 1.807) is 0 Å². The van der Waals surface area contributed by atoms with E-state index in [2.05, 4.69) is 25.6 Å². The van der Waals surface area contributed by atoms with Gasteiger partial charge in [-0.1, -0.05) is 11.6 Å². The lowest BCUT2D eigenvalue weighted by atomic mass is 10.3. The lowest BCUT2D eigenvalue weighted by Crippen LogP contribution is -2.14. The summed E-state index contributed by atoms with van der Waals surface area (Å²) in [5, 5.41) is 0.184. The zero-order valence-corrected chi connectivity index (χ0v) is 12.9. The number of nitrogens with one attached hydrogen (secondary N) is 1. The molecular weight excluding hydrogens is 373 g/mol. The van der Waals surface area contributed by atoms with Gasteiger partial charge in [-0.25, -0.2) is 13.4 Å². The van der Waals surface area contributed by atoms with Gasteiger partial charge < -0.3 is 5.73 Å². The molecule has 0 bridgehead atoms. The summed E-state index contributed by atoms with van der Waals surface area (Å²) in [6.07, 6.45) is 1.06. The Hall–Kier alpha value is -1.38. The highest BCUT2D eigenvalue weighted by atomic mass is 79.9. The molecule has 1 heterocycles. The highest BCUT2D eigenvalue weighted by Gasteiger charge is 2.20. The number of nitrogens with zero attached hydrogens (tertiary/aromatic N) is 1. The van der Waals surface area contributed by atoms with Gasteiger partial charge in [0.1, 0.15) is 4.90 Å². The van der Waals surface area contributed by atoms with Crippen molar-refractivity contribution in [1.29, 1.82) is 0 Å². The van der Waals surface area contributed by atoms with Gasteiger partial charge in [-0.05, 0) is 40.2 Å². The highest BCUT2D eigenvalue weighted by Crippen LogP contribution is 2.32. The van der Waals surface area contributed by atoms with E-state index in [-0.39, 0.29) is 25.8 Å². The quantitative estimate of drug-likeness (QED) is 0.633. The number of benzene rings is 1. The standard InChI is InChI=1S/C11H8BrClFN3O2S/c12-11-8(15)3-6(13)4-9(11)20(18,19)17-7-1-2-10(14)16-5-7/h1-5,17H,15H2. The van der Waals surface area contributed by atoms with Crippen LogP contribution in [0.3, 0.4) is 0 Å². The number of anilines is 2. The highest BCUT2D eigenvalue weighted by molar-refractivity contribution is 9.10. The first-order valence-electron chi connectivity index (χ1n) is 5.18. The molecule has 20 heavy (non-hydrogen) atoms. The Balaban J connectivity index is 2.43. The lowest BCUT2D eigenvalue weighted by molar-refractivity contribution is 0.583. The first kappa shape index (κ1) is 15.0. The first-order valence-corrected chi connectivity index (χ1v) is 7.84. The van der Waals surface area contributed by atoms with Crippen LogP contribution >= 0.6 is 27.5 Å². The van der Waals surface area contributed by atoms with E-state index < -0.39 is 16.0 Å². The number of sulfonamides is 1. The normalized spacial score (nSPS) is 11.3. The van der Waals surface area contributed by atoms with Gasteiger partial charge in [0.15, 0.2) is 0 Å². The number of aromatic nitrogens is 1. The second-order valence-corrected chi connectivity index (χ2v) is 6.66. The summed E-state index contributed by atoms with van der Waals surface area (Å²) in [5.74, 6) is -0.707. The SMILES string of the molecule is Nc1cc(Cl)cc(S(=O)(=O)Nc2ccc(F)nc2)c1Br. The summed E-state index contributed by atoms with van der Waals surface area (Å²) in [4.78, 5) is 3.24. The van der Waals surface area contributed by atoms with E-state index in [0.29, 0.717) is 0 Å². The van der Waals surface area contributed by atoms with Crippen LogP contribution < -0.4 is 10.5 Å². The van der Waals surface area contributed by atoms with Crippen LogP contribution in [0.2, 0.25) is 5.02 Å². The Bertz CT molecular complexity index is 753. The van der Waals surface area contributed by atoms with Crippen molar-refractivity contribution in [3.8, 4) is 0 Å². The van der Waals surface area contributed by atoms with E-state index >= 15 is 0 Å². The zero-order chi connectivity index (χ0) is 14.9. The third-order valence-corrected chi connectivity index (χ3v) is 5.07. The van der Waals surface area contributed by atoms with E-state index in [1.165, 1.54) is 18.2 Å². The molecule has 1 aromatic heterocycles. The third kappa shape index (κ3) is 3.20. The molecule has 0 radical (unpaired) electrons. The molecule has 2 rings (SSSR count). The molecule has 3 N–H and O–H groups in total. The fourth-order valence-electron chi connectivity index (χ4n) is 1.43. The average molecular weight is 381 g/mol. The second kappa shape index (κ2) is 5.55. The summed E-state index contributed by atoms with van der Waals surface area (Å²) in [7, 11) is -3.93. The molecule has 0 spiro atoms. The molecular formula is C11H8BrClFN3O2S. The van der Waals surface area contributed by atoms with Crippen LogP contribution in [0.25, 0.3) is 0 Å². The zero-order valence-electron chi connectivity index (χ0n) is 9.77. The second-order valence-electron chi connectivity index (χ2n) is 3.78. The summed E-state index contributed by atoms with van der Waals surface area (Å²) >= 11 is 8.89. The van der Waals surface area contributed by atoms with Crippen molar-refractivity contribution in [3.05, 3.63) is 45.9 Å². The maximum absolute atomic E-state index is 12.7. The van der Waals surface area contributed by atoms with Crippen molar-refractivity contribution in [3.63, 3.8) is 0 Å². The van der Waals surface area contributed by atoms with Crippen molar-refractivity contribution in [2.75, 3.05) is 10.5 Å². The molecule has 2 aromatic rings. The van der Waals surface area contributed by atoms with E-state index in [0.717, 1.165) is 12.3 Å². The Kier molecular flexibility index (Phi) is 4.17. The molecule has 0 aliphatic heterocycles. The topological polar surface area (TPSA) is 85.1 Å². The first-order chi connectivity index (χ1) is 9.29. The molecule has 0 atom stereocenters. The fourth-order valence-corrected chi connectivity index (χ4v) is 3.76. The Labute approximate surface area is 128 Å². The number of nitrogens with two attached hydrogens (primary N) is 1. The molecule has 0 aliphatic carbocycles. The maximum Gasteiger partial charge on any atom is 0.263 e. The minimum Gasteiger partial charge on any atom is -0.398 e. The van der Waals surface area contributed by atoms with Crippen LogP contribution in [-0.4, -0.2) is 13.4 Å². The average Bonchev–Trinajstić information content (AvgIpc) is 2.36. The molecule has 5 nitrogen and oxygen atoms in total. The predicted molar refractivity (Wildman–Crippen MR) is 78.6 cm³/mol. The van der Waals surface area contributed by atoms with E-state index in [4.69, 9.17) is 17.3 Å². The van der Waals surface area contributed by atoms with Crippen LogP contribution in [0.5, 0.6) is 0 Å². The van der Waals surface area contributed by atoms with Gasteiger partial charge in [-0.15, -0.1) is 0 Å². The van der Waals surface area contributed by atoms with Crippen molar-refractivity contribution < 1.29 is 12.8 Å². The smallest absolute Gasteiger partial charge is 0.263 e. The molecule has 106 valence electrons. The Morgan fingerprint density at radius 1 is 1.35 bits per heavy atom. The van der Waals surface area contributed by atoms with E-state index in [1.807, 2.05) is 0 Å². The van der Waals surface area contributed by atoms with Crippen LogP contribution in [-0.2, 0) is 10.0 Å². The number of nitrogen functional groups attached to an aromatic ring is 1. The minimum atomic E-state index is -3.93.